The van der Waals surface area contributed by atoms with Gasteiger partial charge in [0, 0.05) is 0 Å². The fraction of sp³-hybridized carbons (Fsp3) is 0.125. The van der Waals surface area contributed by atoms with Crippen LogP contribution in [0.1, 0.15) is 15.9 Å². The third kappa shape index (κ3) is 1.60. The van der Waals surface area contributed by atoms with Crippen molar-refractivity contribution in [2.45, 2.75) is 6.61 Å². The summed E-state index contributed by atoms with van der Waals surface area (Å²) < 4.78 is 12.9. The SMILES string of the molecule is NC(=O)c1ccc(CO)cc1F. The molecule has 0 saturated carbocycles. The van der Waals surface area contributed by atoms with Gasteiger partial charge in [0.05, 0.1) is 12.2 Å². The van der Waals surface area contributed by atoms with Gasteiger partial charge in [-0.15, -0.1) is 0 Å². The number of hydrogen-bond acceptors (Lipinski definition) is 2. The molecule has 12 heavy (non-hydrogen) atoms. The molecule has 0 aliphatic carbocycles. The van der Waals surface area contributed by atoms with Crippen LogP contribution in [0.5, 0.6) is 0 Å². The summed E-state index contributed by atoms with van der Waals surface area (Å²) in [5.41, 5.74) is 5.12. The van der Waals surface area contributed by atoms with Gasteiger partial charge in [-0.1, -0.05) is 6.07 Å². The Kier molecular flexibility index (Phi) is 2.40. The molecule has 0 aliphatic rings. The lowest BCUT2D eigenvalue weighted by Crippen LogP contribution is -2.13. The number of nitrogens with two attached hydrogens (primary N) is 1. The van der Waals surface area contributed by atoms with Crippen LogP contribution in [0.2, 0.25) is 0 Å². The van der Waals surface area contributed by atoms with Crippen LogP contribution >= 0.6 is 0 Å². The van der Waals surface area contributed by atoms with Crippen LogP contribution in [0.3, 0.4) is 0 Å². The van der Waals surface area contributed by atoms with Crippen LogP contribution in [0.15, 0.2) is 18.2 Å². The smallest absolute Gasteiger partial charge is 0.251 e. The van der Waals surface area contributed by atoms with Crippen LogP contribution in [0, 0.1) is 5.82 Å². The molecule has 0 unspecified atom stereocenters. The molecule has 3 nitrogen and oxygen atoms in total. The summed E-state index contributed by atoms with van der Waals surface area (Å²) in [6, 6.07) is 3.78. The Morgan fingerprint density at radius 3 is 2.67 bits per heavy atom. The molecule has 1 rings (SSSR count). The molecule has 1 aromatic carbocycles. The average molecular weight is 169 g/mol. The molecular formula is C8H8FNO2. The fourth-order valence-electron chi connectivity index (χ4n) is 0.857. The van der Waals surface area contributed by atoms with Gasteiger partial charge in [-0.3, -0.25) is 4.79 Å². The van der Waals surface area contributed by atoms with Crippen LogP contribution in [0.4, 0.5) is 4.39 Å². The number of carbonyl (C=O) groups is 1. The van der Waals surface area contributed by atoms with Gasteiger partial charge in [0.25, 0.3) is 5.91 Å². The average Bonchev–Trinajstić information content (AvgIpc) is 2.03. The van der Waals surface area contributed by atoms with Gasteiger partial charge < -0.3 is 10.8 Å². The van der Waals surface area contributed by atoms with Crippen molar-refractivity contribution in [2.24, 2.45) is 5.73 Å². The molecule has 0 bridgehead atoms. The van der Waals surface area contributed by atoms with Crippen LogP contribution in [-0.4, -0.2) is 11.0 Å². The summed E-state index contributed by atoms with van der Waals surface area (Å²) in [5.74, 6) is -1.51. The Bertz CT molecular complexity index is 312. The third-order valence-corrected chi connectivity index (χ3v) is 1.48. The molecule has 0 fully saturated rings. The van der Waals surface area contributed by atoms with E-state index in [9.17, 15) is 9.18 Å². The molecule has 4 heteroatoms. The van der Waals surface area contributed by atoms with Crippen molar-refractivity contribution in [3.8, 4) is 0 Å². The van der Waals surface area contributed by atoms with Gasteiger partial charge in [-0.25, -0.2) is 4.39 Å². The first-order chi connectivity index (χ1) is 5.65. The predicted molar refractivity (Wildman–Crippen MR) is 40.8 cm³/mol. The number of benzene rings is 1. The largest absolute Gasteiger partial charge is 0.392 e. The minimum atomic E-state index is -0.808. The Hall–Kier alpha value is -1.42. The predicted octanol–water partition coefficient (Wildman–Crippen LogP) is 0.417. The number of aliphatic hydroxyl groups excluding tert-OH is 1. The van der Waals surface area contributed by atoms with Crippen molar-refractivity contribution in [1.29, 1.82) is 0 Å². The molecule has 0 saturated heterocycles. The van der Waals surface area contributed by atoms with Gasteiger partial charge in [-0.2, -0.15) is 0 Å². The standard InChI is InChI=1S/C8H8FNO2/c9-7-3-5(4-11)1-2-6(7)8(10)12/h1-3,11H,4H2,(H2,10,12). The monoisotopic (exact) mass is 169 g/mol. The number of carbonyl (C=O) groups excluding carboxylic acids is 1. The Morgan fingerprint density at radius 2 is 2.25 bits per heavy atom. The summed E-state index contributed by atoms with van der Waals surface area (Å²) >= 11 is 0. The second-order valence-corrected chi connectivity index (χ2v) is 2.34. The number of primary amides is 1. The van der Waals surface area contributed by atoms with Gasteiger partial charge in [-0.05, 0) is 17.7 Å². The first-order valence-electron chi connectivity index (χ1n) is 3.34. The van der Waals surface area contributed by atoms with E-state index in [0.29, 0.717) is 5.56 Å². The number of rotatable bonds is 2. The number of halogens is 1. The topological polar surface area (TPSA) is 63.3 Å². The van der Waals surface area contributed by atoms with E-state index in [-0.39, 0.29) is 12.2 Å². The van der Waals surface area contributed by atoms with E-state index in [4.69, 9.17) is 10.8 Å². The molecule has 0 spiro atoms. The zero-order valence-corrected chi connectivity index (χ0v) is 6.25. The van der Waals surface area contributed by atoms with Crippen molar-refractivity contribution in [3.05, 3.63) is 35.1 Å². The quantitative estimate of drug-likeness (QED) is 0.673. The molecule has 0 atom stereocenters. The minimum absolute atomic E-state index is 0.160. The Morgan fingerprint density at radius 1 is 1.58 bits per heavy atom. The van der Waals surface area contributed by atoms with Gasteiger partial charge >= 0.3 is 0 Å². The molecule has 0 aromatic heterocycles. The highest BCUT2D eigenvalue weighted by Crippen LogP contribution is 2.09. The number of hydrogen-bond donors (Lipinski definition) is 2. The minimum Gasteiger partial charge on any atom is -0.392 e. The maximum atomic E-state index is 12.9. The second-order valence-electron chi connectivity index (χ2n) is 2.34. The lowest BCUT2D eigenvalue weighted by molar-refractivity contribution is 0.0996. The maximum absolute atomic E-state index is 12.9. The molecule has 64 valence electrons. The van der Waals surface area contributed by atoms with Gasteiger partial charge in [0.1, 0.15) is 5.82 Å². The Balaban J connectivity index is 3.12. The van der Waals surface area contributed by atoms with Crippen molar-refractivity contribution in [2.75, 3.05) is 0 Å². The first kappa shape index (κ1) is 8.67. The van der Waals surface area contributed by atoms with E-state index < -0.39 is 11.7 Å². The summed E-state index contributed by atoms with van der Waals surface area (Å²) in [6.07, 6.45) is 0. The van der Waals surface area contributed by atoms with E-state index in [0.717, 1.165) is 6.07 Å². The van der Waals surface area contributed by atoms with Crippen LogP contribution in [0.25, 0.3) is 0 Å². The molecule has 1 amide bonds. The zero-order chi connectivity index (χ0) is 9.14. The summed E-state index contributed by atoms with van der Waals surface area (Å²) in [4.78, 5) is 10.5. The van der Waals surface area contributed by atoms with Crippen LogP contribution in [-0.2, 0) is 6.61 Å². The lowest BCUT2D eigenvalue weighted by Gasteiger charge is -1.99. The van der Waals surface area contributed by atoms with Gasteiger partial charge in [0.2, 0.25) is 0 Å². The second kappa shape index (κ2) is 3.32. The van der Waals surface area contributed by atoms with Crippen molar-refractivity contribution < 1.29 is 14.3 Å². The first-order valence-corrected chi connectivity index (χ1v) is 3.34. The fourth-order valence-corrected chi connectivity index (χ4v) is 0.857. The van der Waals surface area contributed by atoms with Crippen molar-refractivity contribution in [3.63, 3.8) is 0 Å². The summed E-state index contributed by atoms with van der Waals surface area (Å²) in [7, 11) is 0. The number of aliphatic hydroxyl groups is 1. The lowest BCUT2D eigenvalue weighted by atomic mass is 10.1. The van der Waals surface area contributed by atoms with E-state index in [2.05, 4.69) is 0 Å². The van der Waals surface area contributed by atoms with E-state index in [1.54, 1.807) is 0 Å². The van der Waals surface area contributed by atoms with E-state index in [1.165, 1.54) is 12.1 Å². The highest BCUT2D eigenvalue weighted by molar-refractivity contribution is 5.93. The van der Waals surface area contributed by atoms with Gasteiger partial charge in [0.15, 0.2) is 0 Å². The normalized spacial score (nSPS) is 9.83. The molecule has 0 radical (unpaired) electrons. The molecular weight excluding hydrogens is 161 g/mol. The third-order valence-electron chi connectivity index (χ3n) is 1.48. The Labute approximate surface area is 68.6 Å². The summed E-state index contributed by atoms with van der Waals surface area (Å²) in [5, 5.41) is 8.61. The highest BCUT2D eigenvalue weighted by Gasteiger charge is 2.07. The maximum Gasteiger partial charge on any atom is 0.251 e. The zero-order valence-electron chi connectivity index (χ0n) is 6.25. The molecule has 3 N–H and O–H groups in total. The highest BCUT2D eigenvalue weighted by atomic mass is 19.1. The molecule has 0 aliphatic heterocycles. The van der Waals surface area contributed by atoms with E-state index >= 15 is 0 Å². The van der Waals surface area contributed by atoms with Crippen LogP contribution < -0.4 is 5.73 Å². The van der Waals surface area contributed by atoms with Crippen molar-refractivity contribution >= 4 is 5.91 Å². The molecule has 0 heterocycles. The summed E-state index contributed by atoms with van der Waals surface area (Å²) in [6.45, 7) is -0.254. The van der Waals surface area contributed by atoms with E-state index in [1.807, 2.05) is 0 Å². The molecule has 1 aromatic rings. The number of amides is 1. The van der Waals surface area contributed by atoms with Crippen molar-refractivity contribution in [1.82, 2.24) is 0 Å².